The zero-order valence-corrected chi connectivity index (χ0v) is 21.3. The minimum Gasteiger partial charge on any atom is -0.381 e. The summed E-state index contributed by atoms with van der Waals surface area (Å²) in [5.74, 6) is -0.578. The Morgan fingerprint density at radius 2 is 1.68 bits per heavy atom. The molecule has 0 radical (unpaired) electrons. The predicted molar refractivity (Wildman–Crippen MR) is 144 cm³/mol. The second-order valence-electron chi connectivity index (χ2n) is 9.62. The molecule has 0 saturated carbocycles. The van der Waals surface area contributed by atoms with Gasteiger partial charge in [0.05, 0.1) is 35.0 Å². The number of anilines is 4. The van der Waals surface area contributed by atoms with Gasteiger partial charge in [0.25, 0.3) is 11.8 Å². The summed E-state index contributed by atoms with van der Waals surface area (Å²) in [7, 11) is 0. The van der Waals surface area contributed by atoms with Crippen LogP contribution in [0.25, 0.3) is 0 Å². The molecule has 0 bridgehead atoms. The first kappa shape index (κ1) is 25.6. The standard InChI is InChI=1S/C28H31FN6O3/c1-18-25(28(37)33-22-4-5-26(31-16-22)32-21-6-10-38-11-7-21)15-23(17-30-18)34-27(36)19-12-20(29)14-24(13-19)35-8-2-3-9-35/h4-5,12-17,21H,2-3,6-11H2,1H3,(H,31,32)(H,33,37)(H,34,36). The van der Waals surface area contributed by atoms with Crippen molar-refractivity contribution in [3.63, 3.8) is 0 Å². The lowest BCUT2D eigenvalue weighted by Crippen LogP contribution is -2.28. The summed E-state index contributed by atoms with van der Waals surface area (Å²) in [5.41, 5.74) is 2.59. The van der Waals surface area contributed by atoms with Gasteiger partial charge in [-0.15, -0.1) is 0 Å². The van der Waals surface area contributed by atoms with E-state index in [2.05, 4.69) is 30.8 Å². The molecule has 0 aliphatic carbocycles. The van der Waals surface area contributed by atoms with Crippen LogP contribution < -0.4 is 20.9 Å². The molecule has 2 amide bonds. The van der Waals surface area contributed by atoms with E-state index >= 15 is 0 Å². The first-order valence-electron chi connectivity index (χ1n) is 12.9. The highest BCUT2D eigenvalue weighted by Crippen LogP contribution is 2.24. The van der Waals surface area contributed by atoms with Gasteiger partial charge in [-0.05, 0) is 69.0 Å². The van der Waals surface area contributed by atoms with Gasteiger partial charge in [0.1, 0.15) is 11.6 Å². The average Bonchev–Trinajstić information content (AvgIpc) is 3.46. The van der Waals surface area contributed by atoms with E-state index in [9.17, 15) is 14.0 Å². The Bertz CT molecular complexity index is 1300. The van der Waals surface area contributed by atoms with Crippen LogP contribution in [0.15, 0.2) is 48.8 Å². The lowest BCUT2D eigenvalue weighted by Gasteiger charge is -2.23. The van der Waals surface area contributed by atoms with Crippen molar-refractivity contribution >= 4 is 34.7 Å². The highest BCUT2D eigenvalue weighted by molar-refractivity contribution is 6.08. The maximum absolute atomic E-state index is 14.3. The molecule has 2 saturated heterocycles. The fourth-order valence-electron chi connectivity index (χ4n) is 4.70. The maximum atomic E-state index is 14.3. The zero-order valence-electron chi connectivity index (χ0n) is 21.3. The van der Waals surface area contributed by atoms with Gasteiger partial charge in [-0.25, -0.2) is 9.37 Å². The summed E-state index contributed by atoms with van der Waals surface area (Å²) < 4.78 is 19.6. The summed E-state index contributed by atoms with van der Waals surface area (Å²) in [6.07, 6.45) is 7.02. The Kier molecular flexibility index (Phi) is 7.78. The first-order valence-corrected chi connectivity index (χ1v) is 12.9. The summed E-state index contributed by atoms with van der Waals surface area (Å²) in [5, 5.41) is 8.95. The fraction of sp³-hybridized carbons (Fsp3) is 0.357. The number of hydrogen-bond acceptors (Lipinski definition) is 7. The van der Waals surface area contributed by atoms with Crippen LogP contribution in [0.5, 0.6) is 0 Å². The number of ether oxygens (including phenoxy) is 1. The molecular weight excluding hydrogens is 487 g/mol. The molecule has 3 aromatic rings. The average molecular weight is 519 g/mol. The molecule has 2 aliphatic heterocycles. The van der Waals surface area contributed by atoms with E-state index in [1.54, 1.807) is 31.3 Å². The van der Waals surface area contributed by atoms with E-state index in [1.165, 1.54) is 18.3 Å². The summed E-state index contributed by atoms with van der Waals surface area (Å²) in [6, 6.07) is 9.82. The molecule has 2 fully saturated rings. The highest BCUT2D eigenvalue weighted by atomic mass is 19.1. The number of carbonyl (C=O) groups is 2. The van der Waals surface area contributed by atoms with E-state index in [1.807, 2.05) is 6.07 Å². The van der Waals surface area contributed by atoms with Crippen LogP contribution in [0.2, 0.25) is 0 Å². The van der Waals surface area contributed by atoms with Crippen molar-refractivity contribution in [3.05, 3.63) is 71.4 Å². The summed E-state index contributed by atoms with van der Waals surface area (Å²) in [6.45, 7) is 4.88. The van der Waals surface area contributed by atoms with Crippen LogP contribution in [0.3, 0.4) is 0 Å². The number of nitrogens with zero attached hydrogens (tertiary/aromatic N) is 3. The van der Waals surface area contributed by atoms with Crippen LogP contribution in [-0.4, -0.2) is 54.1 Å². The molecule has 9 nitrogen and oxygen atoms in total. The number of pyridine rings is 2. The fourth-order valence-corrected chi connectivity index (χ4v) is 4.70. The molecule has 38 heavy (non-hydrogen) atoms. The molecule has 0 unspecified atom stereocenters. The molecule has 0 spiro atoms. The molecular formula is C28H31FN6O3. The van der Waals surface area contributed by atoms with Gasteiger partial charge in [-0.3, -0.25) is 14.6 Å². The number of amides is 2. The monoisotopic (exact) mass is 518 g/mol. The molecule has 2 aliphatic rings. The number of benzene rings is 1. The predicted octanol–water partition coefficient (Wildman–Crippen LogP) is 4.62. The smallest absolute Gasteiger partial charge is 0.257 e. The quantitative estimate of drug-likeness (QED) is 0.419. The van der Waals surface area contributed by atoms with E-state index in [0.717, 1.165) is 57.8 Å². The zero-order chi connectivity index (χ0) is 26.5. The van der Waals surface area contributed by atoms with Crippen LogP contribution in [0.4, 0.5) is 27.3 Å². The number of hydrogen-bond donors (Lipinski definition) is 3. The van der Waals surface area contributed by atoms with E-state index in [0.29, 0.717) is 34.4 Å². The minimum atomic E-state index is -0.473. The maximum Gasteiger partial charge on any atom is 0.257 e. The number of carbonyl (C=O) groups excluding carboxylic acids is 2. The summed E-state index contributed by atoms with van der Waals surface area (Å²) in [4.78, 5) is 36.7. The van der Waals surface area contributed by atoms with Crippen molar-refractivity contribution in [2.24, 2.45) is 0 Å². The third-order valence-corrected chi connectivity index (χ3v) is 6.80. The Hall–Kier alpha value is -4.05. The number of rotatable bonds is 7. The second kappa shape index (κ2) is 11.6. The molecule has 198 valence electrons. The molecule has 2 aromatic heterocycles. The molecule has 1 aromatic carbocycles. The number of aromatic nitrogens is 2. The van der Waals surface area contributed by atoms with Crippen molar-refractivity contribution in [1.82, 2.24) is 9.97 Å². The Morgan fingerprint density at radius 3 is 2.42 bits per heavy atom. The number of aryl methyl sites for hydroxylation is 1. The molecule has 5 rings (SSSR count). The van der Waals surface area contributed by atoms with Gasteiger partial charge in [0, 0.05) is 43.6 Å². The lowest BCUT2D eigenvalue weighted by molar-refractivity contribution is 0.0903. The lowest BCUT2D eigenvalue weighted by atomic mass is 10.1. The van der Waals surface area contributed by atoms with Gasteiger partial charge in [-0.1, -0.05) is 0 Å². The van der Waals surface area contributed by atoms with Crippen LogP contribution in [0.1, 0.15) is 52.1 Å². The first-order chi connectivity index (χ1) is 18.4. The number of halogens is 1. The SMILES string of the molecule is Cc1ncc(NC(=O)c2cc(F)cc(N3CCCC3)c2)cc1C(=O)Nc1ccc(NC2CCOCC2)nc1. The van der Waals surface area contributed by atoms with Crippen molar-refractivity contribution in [2.75, 3.05) is 47.2 Å². The third kappa shape index (κ3) is 6.25. The van der Waals surface area contributed by atoms with Crippen molar-refractivity contribution in [2.45, 2.75) is 38.6 Å². The highest BCUT2D eigenvalue weighted by Gasteiger charge is 2.18. The molecule has 3 N–H and O–H groups in total. The van der Waals surface area contributed by atoms with E-state index in [-0.39, 0.29) is 11.5 Å². The largest absolute Gasteiger partial charge is 0.381 e. The van der Waals surface area contributed by atoms with Gasteiger partial charge in [0.2, 0.25) is 0 Å². The topological polar surface area (TPSA) is 108 Å². The van der Waals surface area contributed by atoms with Crippen molar-refractivity contribution in [1.29, 1.82) is 0 Å². The third-order valence-electron chi connectivity index (χ3n) is 6.80. The summed E-state index contributed by atoms with van der Waals surface area (Å²) >= 11 is 0. The van der Waals surface area contributed by atoms with Crippen molar-refractivity contribution < 1.29 is 18.7 Å². The van der Waals surface area contributed by atoms with Crippen LogP contribution in [-0.2, 0) is 4.74 Å². The van der Waals surface area contributed by atoms with E-state index in [4.69, 9.17) is 4.74 Å². The Labute approximate surface area is 220 Å². The van der Waals surface area contributed by atoms with Gasteiger partial charge >= 0.3 is 0 Å². The normalized spacial score (nSPS) is 15.8. The van der Waals surface area contributed by atoms with E-state index < -0.39 is 11.7 Å². The second-order valence-corrected chi connectivity index (χ2v) is 9.62. The molecule has 4 heterocycles. The van der Waals surface area contributed by atoms with Gasteiger partial charge in [0.15, 0.2) is 0 Å². The Morgan fingerprint density at radius 1 is 0.947 bits per heavy atom. The number of nitrogens with one attached hydrogen (secondary N) is 3. The minimum absolute atomic E-state index is 0.207. The van der Waals surface area contributed by atoms with Gasteiger partial charge < -0.3 is 25.6 Å². The van der Waals surface area contributed by atoms with Crippen LogP contribution >= 0.6 is 0 Å². The van der Waals surface area contributed by atoms with Gasteiger partial charge in [-0.2, -0.15) is 0 Å². The molecule has 10 heteroatoms. The Balaban J connectivity index is 1.24. The van der Waals surface area contributed by atoms with Crippen LogP contribution in [0, 0.1) is 12.7 Å². The van der Waals surface area contributed by atoms with Crippen molar-refractivity contribution in [3.8, 4) is 0 Å². The molecule has 0 atom stereocenters.